The average Bonchev–Trinajstić information content (AvgIpc) is 2.80. The van der Waals surface area contributed by atoms with Gasteiger partial charge in [-0.2, -0.15) is 0 Å². The molecule has 0 unspecified atom stereocenters. The third-order valence-electron chi connectivity index (χ3n) is 5.93. The number of hydrogen-bond donors (Lipinski definition) is 0. The summed E-state index contributed by atoms with van der Waals surface area (Å²) in [4.78, 5) is 14.8. The number of methoxy groups -OCH3 is 1. The number of carbonyl (C=O) groups is 1. The molecule has 0 heterocycles. The normalized spacial score (nSPS) is 13.9. The molecule has 3 aromatic rings. The Balaban J connectivity index is 1.59. The molecule has 0 aliphatic heterocycles. The zero-order valence-electron chi connectivity index (χ0n) is 19.2. The van der Waals surface area contributed by atoms with Crippen molar-refractivity contribution in [1.82, 2.24) is 0 Å². The maximum atomic E-state index is 14.1. The van der Waals surface area contributed by atoms with Crippen molar-refractivity contribution < 1.29 is 13.9 Å². The van der Waals surface area contributed by atoms with E-state index < -0.39 is 11.8 Å². The van der Waals surface area contributed by atoms with Gasteiger partial charge in [-0.05, 0) is 0 Å². The van der Waals surface area contributed by atoms with Gasteiger partial charge in [0, 0.05) is 0 Å². The molecular weight excluding hydrogens is 478 g/mol. The Labute approximate surface area is 201 Å². The third kappa shape index (κ3) is 4.96. The number of rotatable bonds is 3. The van der Waals surface area contributed by atoms with Crippen LogP contribution < -0.4 is 4.46 Å². The number of ether oxygens (including phenoxy) is 1. The minimum absolute atomic E-state index is 0.0515. The number of carbonyl (C=O) groups excluding carboxylic acids is 1. The summed E-state index contributed by atoms with van der Waals surface area (Å²) >= 11 is -0.0756. The topological polar surface area (TPSA) is 26.3 Å². The molecule has 0 bridgehead atoms. The quantitative estimate of drug-likeness (QED) is 0.273. The Kier molecular flexibility index (Phi) is 6.56. The molecule has 4 rings (SSSR count). The van der Waals surface area contributed by atoms with Crippen LogP contribution in [0.15, 0.2) is 66.7 Å². The second-order valence-electron chi connectivity index (χ2n) is 8.79. The van der Waals surface area contributed by atoms with E-state index in [1.807, 2.05) is 0 Å². The summed E-state index contributed by atoms with van der Waals surface area (Å²) in [7, 11) is 1.23. The Morgan fingerprint density at radius 3 is 2.52 bits per heavy atom. The predicted molar refractivity (Wildman–Crippen MR) is 132 cm³/mol. The second-order valence-corrected chi connectivity index (χ2v) is 10.6. The number of halogens is 1. The van der Waals surface area contributed by atoms with Crippen molar-refractivity contribution in [1.29, 1.82) is 0 Å². The summed E-state index contributed by atoms with van der Waals surface area (Å²) < 4.78 is 19.9. The van der Waals surface area contributed by atoms with Crippen molar-refractivity contribution >= 4 is 31.0 Å². The molecule has 0 saturated carbocycles. The first-order valence-corrected chi connectivity index (χ1v) is 12.5. The van der Waals surface area contributed by atoms with Crippen molar-refractivity contribution in [3.8, 4) is 10.7 Å². The molecular formula is C29H25FO2Se. The number of hydrogen-bond acceptors (Lipinski definition) is 2. The number of benzene rings is 3. The Bertz CT molecular complexity index is 1310. The SMILES string of the molecule is COC(=O)c1ccc(C#C[Se]c2ccc3c(c2)C(C)(C)CC=C3c2ccc(C)cc2)cc1F. The van der Waals surface area contributed by atoms with Crippen LogP contribution in [0, 0.1) is 23.5 Å². The van der Waals surface area contributed by atoms with E-state index in [0.29, 0.717) is 5.56 Å². The van der Waals surface area contributed by atoms with E-state index in [9.17, 15) is 9.18 Å². The molecule has 0 atom stereocenters. The molecule has 2 nitrogen and oxygen atoms in total. The van der Waals surface area contributed by atoms with Crippen LogP contribution in [0.5, 0.6) is 0 Å². The van der Waals surface area contributed by atoms with Crippen molar-refractivity contribution in [2.45, 2.75) is 32.6 Å². The van der Waals surface area contributed by atoms with E-state index in [1.165, 1.54) is 51.5 Å². The maximum absolute atomic E-state index is 14.1. The van der Waals surface area contributed by atoms with Crippen LogP contribution in [0.3, 0.4) is 0 Å². The van der Waals surface area contributed by atoms with Gasteiger partial charge < -0.3 is 0 Å². The monoisotopic (exact) mass is 504 g/mol. The van der Waals surface area contributed by atoms with Crippen molar-refractivity contribution in [2.24, 2.45) is 0 Å². The van der Waals surface area contributed by atoms with Crippen molar-refractivity contribution in [3.63, 3.8) is 0 Å². The summed E-state index contributed by atoms with van der Waals surface area (Å²) in [5, 5.41) is 0. The van der Waals surface area contributed by atoms with E-state index in [-0.39, 0.29) is 25.9 Å². The number of fused-ring (bicyclic) bond motifs is 1. The summed E-state index contributed by atoms with van der Waals surface area (Å²) in [6.45, 7) is 6.66. The van der Waals surface area contributed by atoms with E-state index in [0.717, 1.165) is 6.42 Å². The Hall–Kier alpha value is -3.12. The first-order chi connectivity index (χ1) is 15.8. The zero-order chi connectivity index (χ0) is 23.6. The standard InChI is InChI=1S/C29H25FO2Se/c1-19-5-8-21(9-6-19)23-13-15-29(2,3)26-18-22(10-12-24(23)26)33-16-14-20-7-11-25(27(30)17-20)28(31)32-4/h5-13,17-18H,15H2,1-4H3. The number of allylic oxidation sites excluding steroid dienone is 1. The molecule has 0 spiro atoms. The van der Waals surface area contributed by atoms with Gasteiger partial charge in [0.1, 0.15) is 0 Å². The van der Waals surface area contributed by atoms with Crippen LogP contribution >= 0.6 is 0 Å². The fraction of sp³-hybridized carbons (Fsp3) is 0.207. The van der Waals surface area contributed by atoms with Gasteiger partial charge >= 0.3 is 201 Å². The zero-order valence-corrected chi connectivity index (χ0v) is 20.9. The molecule has 3 aromatic carbocycles. The molecule has 0 aromatic heterocycles. The first-order valence-electron chi connectivity index (χ1n) is 10.8. The molecule has 0 saturated heterocycles. The van der Waals surface area contributed by atoms with E-state index in [1.54, 1.807) is 6.07 Å². The third-order valence-corrected chi connectivity index (χ3v) is 7.38. The molecule has 1 aliphatic rings. The Morgan fingerprint density at radius 2 is 1.82 bits per heavy atom. The van der Waals surface area contributed by atoms with Gasteiger partial charge in [-0.25, -0.2) is 0 Å². The fourth-order valence-corrected chi connectivity index (χ4v) is 5.23. The van der Waals surface area contributed by atoms with Gasteiger partial charge in [-0.15, -0.1) is 0 Å². The van der Waals surface area contributed by atoms with Crippen molar-refractivity contribution in [2.75, 3.05) is 7.11 Å². The van der Waals surface area contributed by atoms with E-state index in [2.05, 4.69) is 84.8 Å². The average molecular weight is 503 g/mol. The van der Waals surface area contributed by atoms with Crippen molar-refractivity contribution in [3.05, 3.63) is 106 Å². The van der Waals surface area contributed by atoms with Crippen LogP contribution in [0.1, 0.15) is 58.4 Å². The minimum atomic E-state index is -0.688. The summed E-state index contributed by atoms with van der Waals surface area (Å²) in [6.07, 6.45) is 3.33. The molecule has 1 aliphatic carbocycles. The molecule has 0 radical (unpaired) electrons. The van der Waals surface area contributed by atoms with Crippen LogP contribution in [-0.2, 0) is 10.2 Å². The molecule has 0 amide bonds. The first kappa shape index (κ1) is 23.1. The van der Waals surface area contributed by atoms with E-state index >= 15 is 0 Å². The summed E-state index contributed by atoms with van der Waals surface area (Å²) in [6, 6.07) is 19.7. The van der Waals surface area contributed by atoms with E-state index in [4.69, 9.17) is 0 Å². The Morgan fingerprint density at radius 1 is 1.06 bits per heavy atom. The van der Waals surface area contributed by atoms with Gasteiger partial charge in [0.15, 0.2) is 0 Å². The molecule has 166 valence electrons. The van der Waals surface area contributed by atoms with Crippen LogP contribution in [-0.4, -0.2) is 28.0 Å². The predicted octanol–water partition coefficient (Wildman–Crippen LogP) is 5.37. The number of aryl methyl sites for hydroxylation is 1. The van der Waals surface area contributed by atoms with Crippen LogP contribution in [0.2, 0.25) is 0 Å². The van der Waals surface area contributed by atoms with Crippen LogP contribution in [0.4, 0.5) is 4.39 Å². The fourth-order valence-electron chi connectivity index (χ4n) is 3.98. The van der Waals surface area contributed by atoms with Gasteiger partial charge in [-0.3, -0.25) is 0 Å². The van der Waals surface area contributed by atoms with Gasteiger partial charge in [0.25, 0.3) is 0 Å². The van der Waals surface area contributed by atoms with Gasteiger partial charge in [-0.1, -0.05) is 0 Å². The summed E-state index contributed by atoms with van der Waals surface area (Å²) in [5.41, 5.74) is 6.93. The molecule has 0 fully saturated rings. The number of esters is 1. The van der Waals surface area contributed by atoms with Crippen LogP contribution in [0.25, 0.3) is 5.57 Å². The molecule has 0 N–H and O–H groups in total. The summed E-state index contributed by atoms with van der Waals surface area (Å²) in [5.74, 6) is 1.73. The van der Waals surface area contributed by atoms with Gasteiger partial charge in [0.2, 0.25) is 0 Å². The second kappa shape index (κ2) is 9.40. The molecule has 4 heteroatoms. The molecule has 33 heavy (non-hydrogen) atoms. The van der Waals surface area contributed by atoms with Gasteiger partial charge in [0.05, 0.1) is 0 Å².